The molecule has 0 bridgehead atoms. The third-order valence-electron chi connectivity index (χ3n) is 2.94. The SMILES string of the molecule is O=C(CSCc1ccc(Cl)cc1)N/N=C/c1ccccc1[N+](=O)[O-]. The molecule has 24 heavy (non-hydrogen) atoms. The van der Waals surface area contributed by atoms with Gasteiger partial charge in [0.15, 0.2) is 0 Å². The number of nitro benzene ring substituents is 1. The second-order valence-electron chi connectivity index (χ2n) is 4.73. The van der Waals surface area contributed by atoms with Crippen LogP contribution in [0.4, 0.5) is 5.69 Å². The number of halogens is 1. The number of thioether (sulfide) groups is 1. The number of hydrogen-bond donors (Lipinski definition) is 1. The maximum absolute atomic E-state index is 11.7. The monoisotopic (exact) mass is 363 g/mol. The van der Waals surface area contributed by atoms with E-state index in [9.17, 15) is 14.9 Å². The molecule has 8 heteroatoms. The van der Waals surface area contributed by atoms with Crippen LogP contribution in [0.3, 0.4) is 0 Å². The number of benzene rings is 2. The van der Waals surface area contributed by atoms with Crippen LogP contribution in [-0.4, -0.2) is 22.8 Å². The smallest absolute Gasteiger partial charge is 0.272 e. The molecule has 0 spiro atoms. The van der Waals surface area contributed by atoms with Gasteiger partial charge in [0, 0.05) is 16.8 Å². The van der Waals surface area contributed by atoms with Gasteiger partial charge in [-0.05, 0) is 23.8 Å². The van der Waals surface area contributed by atoms with Crippen LogP contribution in [0, 0.1) is 10.1 Å². The summed E-state index contributed by atoms with van der Waals surface area (Å²) in [7, 11) is 0. The molecule has 2 aromatic carbocycles. The summed E-state index contributed by atoms with van der Waals surface area (Å²) in [4.78, 5) is 22.1. The van der Waals surface area contributed by atoms with E-state index in [0.29, 0.717) is 16.3 Å². The normalized spacial score (nSPS) is 10.7. The Morgan fingerprint density at radius 1 is 1.25 bits per heavy atom. The van der Waals surface area contributed by atoms with Crippen LogP contribution in [-0.2, 0) is 10.5 Å². The molecule has 2 aromatic rings. The second-order valence-corrected chi connectivity index (χ2v) is 6.15. The largest absolute Gasteiger partial charge is 0.278 e. The third kappa shape index (κ3) is 5.68. The van der Waals surface area contributed by atoms with Gasteiger partial charge < -0.3 is 0 Å². The zero-order valence-electron chi connectivity index (χ0n) is 12.5. The number of nitrogens with one attached hydrogen (secondary N) is 1. The fourth-order valence-corrected chi connectivity index (χ4v) is 2.72. The number of amides is 1. The summed E-state index contributed by atoms with van der Waals surface area (Å²) in [6.07, 6.45) is 1.26. The highest BCUT2D eigenvalue weighted by molar-refractivity contribution is 7.99. The molecular weight excluding hydrogens is 350 g/mol. The van der Waals surface area contributed by atoms with Crippen molar-refractivity contribution in [2.24, 2.45) is 5.10 Å². The van der Waals surface area contributed by atoms with E-state index in [1.54, 1.807) is 30.3 Å². The van der Waals surface area contributed by atoms with Crippen molar-refractivity contribution in [2.75, 3.05) is 5.75 Å². The van der Waals surface area contributed by atoms with Crippen LogP contribution < -0.4 is 5.43 Å². The van der Waals surface area contributed by atoms with E-state index in [1.807, 2.05) is 12.1 Å². The van der Waals surface area contributed by atoms with Crippen LogP contribution in [0.2, 0.25) is 5.02 Å². The summed E-state index contributed by atoms with van der Waals surface area (Å²) < 4.78 is 0. The maximum atomic E-state index is 11.7. The Kier molecular flexibility index (Phi) is 6.77. The van der Waals surface area contributed by atoms with Gasteiger partial charge in [0.05, 0.1) is 22.5 Å². The van der Waals surface area contributed by atoms with Crippen LogP contribution in [0.5, 0.6) is 0 Å². The van der Waals surface area contributed by atoms with Crippen molar-refractivity contribution in [3.8, 4) is 0 Å². The fraction of sp³-hybridized carbons (Fsp3) is 0.125. The zero-order chi connectivity index (χ0) is 17.4. The van der Waals surface area contributed by atoms with E-state index in [2.05, 4.69) is 10.5 Å². The number of carbonyl (C=O) groups is 1. The van der Waals surface area contributed by atoms with Crippen LogP contribution in [0.1, 0.15) is 11.1 Å². The average molecular weight is 364 g/mol. The molecule has 0 saturated heterocycles. The number of carbonyl (C=O) groups excluding carboxylic acids is 1. The van der Waals surface area contributed by atoms with Gasteiger partial charge in [0.25, 0.3) is 5.69 Å². The molecule has 0 radical (unpaired) electrons. The summed E-state index contributed by atoms with van der Waals surface area (Å²) in [6, 6.07) is 13.6. The summed E-state index contributed by atoms with van der Waals surface area (Å²) >= 11 is 7.24. The molecule has 2 rings (SSSR count). The highest BCUT2D eigenvalue weighted by Crippen LogP contribution is 2.16. The molecule has 6 nitrogen and oxygen atoms in total. The number of nitrogens with zero attached hydrogens (tertiary/aromatic N) is 2. The summed E-state index contributed by atoms with van der Waals surface area (Å²) in [5.74, 6) is 0.638. The molecule has 0 unspecified atom stereocenters. The highest BCUT2D eigenvalue weighted by Gasteiger charge is 2.10. The Labute approximate surface area is 148 Å². The Morgan fingerprint density at radius 2 is 1.96 bits per heavy atom. The predicted octanol–water partition coefficient (Wildman–Crippen LogP) is 3.63. The number of nitro groups is 1. The van der Waals surface area contributed by atoms with Gasteiger partial charge in [-0.15, -0.1) is 11.8 Å². The van der Waals surface area contributed by atoms with Gasteiger partial charge in [0.2, 0.25) is 5.91 Å². The lowest BCUT2D eigenvalue weighted by atomic mass is 10.2. The molecule has 0 saturated carbocycles. The molecule has 0 heterocycles. The Balaban J connectivity index is 1.79. The molecule has 1 N–H and O–H groups in total. The van der Waals surface area contributed by atoms with Crippen molar-refractivity contribution in [3.63, 3.8) is 0 Å². The predicted molar refractivity (Wildman–Crippen MR) is 96.4 cm³/mol. The first kappa shape index (κ1) is 18.0. The van der Waals surface area contributed by atoms with E-state index in [0.717, 1.165) is 5.56 Å². The van der Waals surface area contributed by atoms with Gasteiger partial charge in [-0.1, -0.05) is 35.9 Å². The zero-order valence-corrected chi connectivity index (χ0v) is 14.1. The lowest BCUT2D eigenvalue weighted by molar-refractivity contribution is -0.385. The Morgan fingerprint density at radius 3 is 2.67 bits per heavy atom. The molecule has 0 aliphatic heterocycles. The van der Waals surface area contributed by atoms with Crippen LogP contribution in [0.25, 0.3) is 0 Å². The van der Waals surface area contributed by atoms with Crippen molar-refractivity contribution in [3.05, 3.63) is 74.8 Å². The van der Waals surface area contributed by atoms with Crippen molar-refractivity contribution in [1.29, 1.82) is 0 Å². The van der Waals surface area contributed by atoms with E-state index >= 15 is 0 Å². The lowest BCUT2D eigenvalue weighted by Gasteiger charge is -2.02. The lowest BCUT2D eigenvalue weighted by Crippen LogP contribution is -2.19. The van der Waals surface area contributed by atoms with E-state index < -0.39 is 4.92 Å². The minimum absolute atomic E-state index is 0.0624. The van der Waals surface area contributed by atoms with E-state index in [4.69, 9.17) is 11.6 Å². The highest BCUT2D eigenvalue weighted by atomic mass is 35.5. The number of rotatable bonds is 7. The first-order chi connectivity index (χ1) is 11.6. The molecule has 0 aliphatic carbocycles. The maximum Gasteiger partial charge on any atom is 0.278 e. The molecular formula is C16H14ClN3O3S. The summed E-state index contributed by atoms with van der Waals surface area (Å²) in [5, 5.41) is 15.3. The Bertz CT molecular complexity index is 750. The van der Waals surface area contributed by atoms with Gasteiger partial charge in [-0.3, -0.25) is 14.9 Å². The number of para-hydroxylation sites is 1. The van der Waals surface area contributed by atoms with Gasteiger partial charge in [-0.25, -0.2) is 5.43 Å². The topological polar surface area (TPSA) is 84.6 Å². The van der Waals surface area contributed by atoms with Crippen LogP contribution in [0.15, 0.2) is 53.6 Å². The van der Waals surface area contributed by atoms with Crippen LogP contribution >= 0.6 is 23.4 Å². The molecule has 0 aliphatic rings. The van der Waals surface area contributed by atoms with Crippen molar-refractivity contribution >= 4 is 41.2 Å². The van der Waals surface area contributed by atoms with Gasteiger partial charge in [0.1, 0.15) is 0 Å². The minimum atomic E-state index is -0.495. The molecule has 0 atom stereocenters. The second kappa shape index (κ2) is 9.05. The molecule has 124 valence electrons. The van der Waals surface area contributed by atoms with E-state index in [-0.39, 0.29) is 17.3 Å². The first-order valence-electron chi connectivity index (χ1n) is 6.94. The summed E-state index contributed by atoms with van der Waals surface area (Å²) in [6.45, 7) is 0. The molecule has 1 amide bonds. The minimum Gasteiger partial charge on any atom is -0.272 e. The molecule has 0 aromatic heterocycles. The molecule has 0 fully saturated rings. The van der Waals surface area contributed by atoms with Crippen molar-refractivity contribution < 1.29 is 9.72 Å². The first-order valence-corrected chi connectivity index (χ1v) is 8.47. The fourth-order valence-electron chi connectivity index (χ4n) is 1.81. The number of hydrazone groups is 1. The van der Waals surface area contributed by atoms with Gasteiger partial charge in [-0.2, -0.15) is 5.10 Å². The van der Waals surface area contributed by atoms with E-state index in [1.165, 1.54) is 24.0 Å². The number of hydrogen-bond acceptors (Lipinski definition) is 5. The van der Waals surface area contributed by atoms with Gasteiger partial charge >= 0.3 is 0 Å². The Hall–Kier alpha value is -2.38. The quantitative estimate of drug-likeness (QED) is 0.462. The van der Waals surface area contributed by atoms with Crippen molar-refractivity contribution in [1.82, 2.24) is 5.43 Å². The standard InChI is InChI=1S/C16H14ClN3O3S/c17-14-7-5-12(6-8-14)10-24-11-16(21)19-18-9-13-3-1-2-4-15(13)20(22)23/h1-9H,10-11H2,(H,19,21)/b18-9+. The third-order valence-corrected chi connectivity index (χ3v) is 4.20. The summed E-state index contributed by atoms with van der Waals surface area (Å²) in [5.41, 5.74) is 3.70. The average Bonchev–Trinajstić information content (AvgIpc) is 2.57. The van der Waals surface area contributed by atoms with Crippen molar-refractivity contribution in [2.45, 2.75) is 5.75 Å².